The highest BCUT2D eigenvalue weighted by molar-refractivity contribution is 5.17. The van der Waals surface area contributed by atoms with Crippen LogP contribution in [0.2, 0.25) is 0 Å². The molecule has 2 aromatic rings. The van der Waals surface area contributed by atoms with Crippen molar-refractivity contribution < 1.29 is 8.83 Å². The summed E-state index contributed by atoms with van der Waals surface area (Å²) in [5.74, 6) is 2.08. The van der Waals surface area contributed by atoms with E-state index >= 15 is 0 Å². The lowest BCUT2D eigenvalue weighted by Crippen LogP contribution is -2.25. The Bertz CT molecular complexity index is 500. The van der Waals surface area contributed by atoms with Crippen molar-refractivity contribution in [3.63, 3.8) is 0 Å². The molecule has 1 N–H and O–H groups in total. The van der Waals surface area contributed by atoms with Crippen LogP contribution >= 0.6 is 0 Å². The van der Waals surface area contributed by atoms with Crippen molar-refractivity contribution in [2.45, 2.75) is 38.5 Å². The van der Waals surface area contributed by atoms with Crippen LogP contribution in [-0.4, -0.2) is 18.0 Å². The second-order valence-corrected chi connectivity index (χ2v) is 5.11. The van der Waals surface area contributed by atoms with Crippen molar-refractivity contribution >= 4 is 0 Å². The standard InChI is InChI=1S/C15H20N2O2/c1-16-9-12-6-8-19-15(12)11-17(13-4-5-13)10-14-3-2-7-18-14/h2-3,6-8,13,16H,4-5,9-11H2,1H3. The van der Waals surface area contributed by atoms with Crippen LogP contribution in [0.15, 0.2) is 39.6 Å². The summed E-state index contributed by atoms with van der Waals surface area (Å²) in [6.07, 6.45) is 6.07. The van der Waals surface area contributed by atoms with Crippen LogP contribution in [0.1, 0.15) is 29.9 Å². The molecule has 0 spiro atoms. The van der Waals surface area contributed by atoms with E-state index in [0.717, 1.165) is 31.2 Å². The summed E-state index contributed by atoms with van der Waals surface area (Å²) in [7, 11) is 1.96. The summed E-state index contributed by atoms with van der Waals surface area (Å²) in [6, 6.07) is 6.70. The quantitative estimate of drug-likeness (QED) is 0.831. The van der Waals surface area contributed by atoms with Crippen molar-refractivity contribution in [3.05, 3.63) is 47.8 Å². The van der Waals surface area contributed by atoms with Gasteiger partial charge in [0.25, 0.3) is 0 Å². The lowest BCUT2D eigenvalue weighted by Gasteiger charge is -2.20. The molecule has 1 fully saturated rings. The minimum absolute atomic E-state index is 0.678. The Morgan fingerprint density at radius 3 is 2.79 bits per heavy atom. The van der Waals surface area contributed by atoms with Gasteiger partial charge in [0.05, 0.1) is 25.6 Å². The predicted octanol–water partition coefficient (Wildman–Crippen LogP) is 2.76. The van der Waals surface area contributed by atoms with Crippen LogP contribution in [-0.2, 0) is 19.6 Å². The first-order valence-electron chi connectivity index (χ1n) is 6.83. The Balaban J connectivity index is 1.69. The Morgan fingerprint density at radius 2 is 2.11 bits per heavy atom. The van der Waals surface area contributed by atoms with Crippen LogP contribution < -0.4 is 5.32 Å². The third-order valence-corrected chi connectivity index (χ3v) is 3.55. The normalized spacial score (nSPS) is 15.3. The van der Waals surface area contributed by atoms with Crippen LogP contribution in [0.5, 0.6) is 0 Å². The number of nitrogens with zero attached hydrogens (tertiary/aromatic N) is 1. The van der Waals surface area contributed by atoms with Crippen LogP contribution in [0.25, 0.3) is 0 Å². The van der Waals surface area contributed by atoms with Gasteiger partial charge in [0.15, 0.2) is 0 Å². The van der Waals surface area contributed by atoms with Crippen molar-refractivity contribution in [2.75, 3.05) is 7.05 Å². The highest BCUT2D eigenvalue weighted by atomic mass is 16.3. The molecule has 3 rings (SSSR count). The molecule has 0 radical (unpaired) electrons. The molecule has 4 nitrogen and oxygen atoms in total. The third kappa shape index (κ3) is 3.08. The molecule has 4 heteroatoms. The van der Waals surface area contributed by atoms with Crippen molar-refractivity contribution in [1.29, 1.82) is 0 Å². The summed E-state index contributed by atoms with van der Waals surface area (Å²) in [4.78, 5) is 2.44. The van der Waals surface area contributed by atoms with E-state index in [4.69, 9.17) is 8.83 Å². The summed E-state index contributed by atoms with van der Waals surface area (Å²) >= 11 is 0. The number of hydrogen-bond donors (Lipinski definition) is 1. The van der Waals surface area contributed by atoms with E-state index < -0.39 is 0 Å². The second-order valence-electron chi connectivity index (χ2n) is 5.11. The molecule has 0 unspecified atom stereocenters. The monoisotopic (exact) mass is 260 g/mol. The van der Waals surface area contributed by atoms with Crippen molar-refractivity contribution in [2.24, 2.45) is 0 Å². The van der Waals surface area contributed by atoms with Gasteiger partial charge in [-0.2, -0.15) is 0 Å². The predicted molar refractivity (Wildman–Crippen MR) is 72.4 cm³/mol. The van der Waals surface area contributed by atoms with Gasteiger partial charge >= 0.3 is 0 Å². The fraction of sp³-hybridized carbons (Fsp3) is 0.467. The van der Waals surface area contributed by atoms with E-state index in [2.05, 4.69) is 10.2 Å². The zero-order valence-corrected chi connectivity index (χ0v) is 11.3. The maximum atomic E-state index is 5.63. The Labute approximate surface area is 113 Å². The van der Waals surface area contributed by atoms with Gasteiger partial charge in [-0.3, -0.25) is 4.90 Å². The molecule has 0 bridgehead atoms. The number of hydrogen-bond acceptors (Lipinski definition) is 4. The Kier molecular flexibility index (Phi) is 3.71. The lowest BCUT2D eigenvalue weighted by atomic mass is 10.2. The average molecular weight is 260 g/mol. The number of rotatable bonds is 7. The summed E-state index contributed by atoms with van der Waals surface area (Å²) < 4.78 is 11.1. The van der Waals surface area contributed by atoms with E-state index in [0.29, 0.717) is 6.04 Å². The molecular formula is C15H20N2O2. The maximum absolute atomic E-state index is 5.63. The summed E-state index contributed by atoms with van der Waals surface area (Å²) in [5.41, 5.74) is 1.24. The van der Waals surface area contributed by atoms with Crippen LogP contribution in [0.3, 0.4) is 0 Å². The largest absolute Gasteiger partial charge is 0.468 e. The molecule has 1 aliphatic rings. The van der Waals surface area contributed by atoms with Gasteiger partial charge in [-0.25, -0.2) is 0 Å². The van der Waals surface area contributed by atoms with E-state index in [1.807, 2.05) is 25.2 Å². The van der Waals surface area contributed by atoms with Gasteiger partial charge in [-0.15, -0.1) is 0 Å². The Hall–Kier alpha value is -1.52. The van der Waals surface area contributed by atoms with Gasteiger partial charge in [-0.1, -0.05) is 0 Å². The van der Waals surface area contributed by atoms with Gasteiger partial charge in [0.2, 0.25) is 0 Å². The molecule has 0 aliphatic heterocycles. The van der Waals surface area contributed by atoms with E-state index in [-0.39, 0.29) is 0 Å². The molecule has 0 atom stereocenters. The molecule has 19 heavy (non-hydrogen) atoms. The van der Waals surface area contributed by atoms with Gasteiger partial charge in [-0.05, 0) is 38.1 Å². The molecule has 1 saturated carbocycles. The minimum Gasteiger partial charge on any atom is -0.468 e. The third-order valence-electron chi connectivity index (χ3n) is 3.55. The number of nitrogens with one attached hydrogen (secondary N) is 1. The van der Waals surface area contributed by atoms with E-state index in [1.54, 1.807) is 12.5 Å². The van der Waals surface area contributed by atoms with Gasteiger partial charge in [0, 0.05) is 18.2 Å². The highest BCUT2D eigenvalue weighted by Crippen LogP contribution is 2.30. The van der Waals surface area contributed by atoms with Crippen molar-refractivity contribution in [1.82, 2.24) is 10.2 Å². The summed E-state index contributed by atoms with van der Waals surface area (Å²) in [6.45, 7) is 2.57. The molecule has 1 aliphatic carbocycles. The highest BCUT2D eigenvalue weighted by Gasteiger charge is 2.30. The van der Waals surface area contributed by atoms with Crippen molar-refractivity contribution in [3.8, 4) is 0 Å². The zero-order chi connectivity index (χ0) is 13.1. The minimum atomic E-state index is 0.678. The van der Waals surface area contributed by atoms with Crippen LogP contribution in [0, 0.1) is 0 Å². The van der Waals surface area contributed by atoms with Gasteiger partial charge < -0.3 is 14.2 Å². The van der Waals surface area contributed by atoms with Gasteiger partial charge in [0.1, 0.15) is 11.5 Å². The number of furan rings is 2. The molecule has 0 amide bonds. The molecule has 0 aromatic carbocycles. The molecule has 2 aromatic heterocycles. The Morgan fingerprint density at radius 1 is 1.21 bits per heavy atom. The smallest absolute Gasteiger partial charge is 0.122 e. The fourth-order valence-electron chi connectivity index (χ4n) is 2.39. The first-order chi connectivity index (χ1) is 9.36. The molecule has 2 heterocycles. The topological polar surface area (TPSA) is 41.6 Å². The van der Waals surface area contributed by atoms with E-state index in [1.165, 1.54) is 18.4 Å². The fourth-order valence-corrected chi connectivity index (χ4v) is 2.39. The molecular weight excluding hydrogens is 240 g/mol. The first kappa shape index (κ1) is 12.5. The maximum Gasteiger partial charge on any atom is 0.122 e. The summed E-state index contributed by atoms with van der Waals surface area (Å²) in [5, 5.41) is 3.18. The molecule has 102 valence electrons. The lowest BCUT2D eigenvalue weighted by molar-refractivity contribution is 0.207. The van der Waals surface area contributed by atoms with E-state index in [9.17, 15) is 0 Å². The SMILES string of the molecule is CNCc1ccoc1CN(Cc1ccco1)C1CC1. The molecule has 0 saturated heterocycles. The zero-order valence-electron chi connectivity index (χ0n) is 11.3. The second kappa shape index (κ2) is 5.63. The van der Waals surface area contributed by atoms with Crippen LogP contribution in [0.4, 0.5) is 0 Å². The average Bonchev–Trinajstić information content (AvgIpc) is 2.96. The first-order valence-corrected chi connectivity index (χ1v) is 6.83.